The normalized spacial score (nSPS) is 10.5. The molecule has 0 unspecified atom stereocenters. The average Bonchev–Trinajstić information content (AvgIpc) is 2.75. The Balaban J connectivity index is 1.60. The monoisotopic (exact) mass is 458 g/mol. The summed E-state index contributed by atoms with van der Waals surface area (Å²) in [5, 5.41) is 6.90. The molecule has 0 heterocycles. The van der Waals surface area contributed by atoms with Crippen LogP contribution in [-0.4, -0.2) is 19.1 Å². The molecule has 0 aliphatic rings. The number of carbonyl (C=O) groups excluding carboxylic acids is 1. The lowest BCUT2D eigenvalue weighted by Gasteiger charge is -2.14. The number of carbonyl (C=O) groups is 1. The molecule has 3 aromatic carbocycles. The van der Waals surface area contributed by atoms with Crippen LogP contribution in [0.25, 0.3) is 0 Å². The minimum absolute atomic E-state index is 0.165. The van der Waals surface area contributed by atoms with Crippen molar-refractivity contribution in [1.29, 1.82) is 0 Å². The summed E-state index contributed by atoms with van der Waals surface area (Å²) >= 11 is 11.9. The Kier molecular flexibility index (Phi) is 8.04. The molecule has 3 aromatic rings. The standard InChI is InChI=1S/C24H24Cl2N2O3/c1-3-30-23-12-17(14-27-18-7-4-16(2)5-8-18)6-11-22(23)31-15-24(29)28-19-9-10-20(25)21(26)13-19/h4-13,27H,3,14-15H2,1-2H3,(H,28,29). The molecule has 0 saturated carbocycles. The van der Waals surface area contributed by atoms with Crippen LogP contribution in [0.2, 0.25) is 10.0 Å². The molecule has 0 radical (unpaired) electrons. The van der Waals surface area contributed by atoms with Gasteiger partial charge in [-0.15, -0.1) is 0 Å². The highest BCUT2D eigenvalue weighted by Gasteiger charge is 2.10. The van der Waals surface area contributed by atoms with E-state index >= 15 is 0 Å². The third kappa shape index (κ3) is 6.81. The summed E-state index contributed by atoms with van der Waals surface area (Å²) in [5.41, 5.74) is 3.85. The second-order valence-corrected chi connectivity index (χ2v) is 7.71. The number of rotatable bonds is 9. The molecule has 0 bridgehead atoms. The van der Waals surface area contributed by atoms with Gasteiger partial charge in [0.15, 0.2) is 18.1 Å². The third-order valence-corrected chi connectivity index (χ3v) is 5.16. The van der Waals surface area contributed by atoms with Crippen LogP contribution in [-0.2, 0) is 11.3 Å². The van der Waals surface area contributed by atoms with Crippen molar-refractivity contribution >= 4 is 40.5 Å². The Morgan fingerprint density at radius 1 is 0.871 bits per heavy atom. The van der Waals surface area contributed by atoms with Gasteiger partial charge in [0.2, 0.25) is 0 Å². The molecule has 0 fully saturated rings. The Hall–Kier alpha value is -2.89. The molecule has 3 rings (SSSR count). The first-order valence-corrected chi connectivity index (χ1v) is 10.6. The molecule has 31 heavy (non-hydrogen) atoms. The van der Waals surface area contributed by atoms with E-state index in [-0.39, 0.29) is 12.5 Å². The number of halogens is 2. The second kappa shape index (κ2) is 10.9. The van der Waals surface area contributed by atoms with Gasteiger partial charge in [-0.3, -0.25) is 4.79 Å². The molecule has 0 aliphatic carbocycles. The fourth-order valence-corrected chi connectivity index (χ4v) is 3.14. The highest BCUT2D eigenvalue weighted by atomic mass is 35.5. The maximum Gasteiger partial charge on any atom is 0.262 e. The van der Waals surface area contributed by atoms with Crippen LogP contribution in [0.4, 0.5) is 11.4 Å². The van der Waals surface area contributed by atoms with E-state index in [1.54, 1.807) is 18.2 Å². The maximum absolute atomic E-state index is 12.2. The van der Waals surface area contributed by atoms with E-state index in [0.29, 0.717) is 40.4 Å². The second-order valence-electron chi connectivity index (χ2n) is 6.90. The lowest BCUT2D eigenvalue weighted by Crippen LogP contribution is -2.20. The fourth-order valence-electron chi connectivity index (χ4n) is 2.84. The predicted octanol–water partition coefficient (Wildman–Crippen LogP) is 6.33. The zero-order valence-corrected chi connectivity index (χ0v) is 18.9. The Labute approximate surface area is 192 Å². The number of nitrogens with one attached hydrogen (secondary N) is 2. The fraction of sp³-hybridized carbons (Fsp3) is 0.208. The molecule has 7 heteroatoms. The molecule has 1 amide bonds. The van der Waals surface area contributed by atoms with Gasteiger partial charge >= 0.3 is 0 Å². The van der Waals surface area contributed by atoms with Crippen molar-refractivity contribution in [2.45, 2.75) is 20.4 Å². The molecule has 0 spiro atoms. The maximum atomic E-state index is 12.2. The van der Waals surface area contributed by atoms with E-state index in [0.717, 1.165) is 11.3 Å². The van der Waals surface area contributed by atoms with Crippen LogP contribution >= 0.6 is 23.2 Å². The number of amides is 1. The van der Waals surface area contributed by atoms with Gasteiger partial charge in [-0.05, 0) is 61.9 Å². The van der Waals surface area contributed by atoms with Gasteiger partial charge < -0.3 is 20.1 Å². The molecule has 162 valence electrons. The van der Waals surface area contributed by atoms with Crippen LogP contribution in [0.15, 0.2) is 60.7 Å². The zero-order valence-electron chi connectivity index (χ0n) is 17.4. The Bertz CT molecular complexity index is 1040. The number of anilines is 2. The van der Waals surface area contributed by atoms with Crippen LogP contribution < -0.4 is 20.1 Å². The Morgan fingerprint density at radius 3 is 2.32 bits per heavy atom. The van der Waals surface area contributed by atoms with E-state index < -0.39 is 0 Å². The molecular formula is C24H24Cl2N2O3. The average molecular weight is 459 g/mol. The SMILES string of the molecule is CCOc1cc(CNc2ccc(C)cc2)ccc1OCC(=O)Nc1ccc(Cl)c(Cl)c1. The quantitative estimate of drug-likeness (QED) is 0.393. The molecule has 0 atom stereocenters. The first-order chi connectivity index (χ1) is 14.9. The molecule has 0 saturated heterocycles. The summed E-state index contributed by atoms with van der Waals surface area (Å²) in [5.74, 6) is 0.782. The van der Waals surface area contributed by atoms with Crippen molar-refractivity contribution in [3.8, 4) is 11.5 Å². The van der Waals surface area contributed by atoms with Crippen molar-refractivity contribution in [2.75, 3.05) is 23.8 Å². The number of hydrogen-bond acceptors (Lipinski definition) is 4. The van der Waals surface area contributed by atoms with Crippen molar-refractivity contribution < 1.29 is 14.3 Å². The summed E-state index contributed by atoms with van der Waals surface area (Å²) < 4.78 is 11.4. The predicted molar refractivity (Wildman–Crippen MR) is 127 cm³/mol. The van der Waals surface area contributed by atoms with Gasteiger partial charge in [0.1, 0.15) is 0 Å². The molecule has 0 aliphatic heterocycles. The van der Waals surface area contributed by atoms with Gasteiger partial charge in [0.25, 0.3) is 5.91 Å². The smallest absolute Gasteiger partial charge is 0.262 e. The first kappa shape index (κ1) is 22.8. The lowest BCUT2D eigenvalue weighted by atomic mass is 10.2. The van der Waals surface area contributed by atoms with E-state index in [4.69, 9.17) is 32.7 Å². The summed E-state index contributed by atoms with van der Waals surface area (Å²) in [7, 11) is 0. The molecule has 0 aromatic heterocycles. The summed E-state index contributed by atoms with van der Waals surface area (Å²) in [6.07, 6.45) is 0. The van der Waals surface area contributed by atoms with Gasteiger partial charge in [-0.25, -0.2) is 0 Å². The minimum atomic E-state index is -0.314. The topological polar surface area (TPSA) is 59.6 Å². The number of hydrogen-bond donors (Lipinski definition) is 2. The van der Waals surface area contributed by atoms with E-state index in [2.05, 4.69) is 29.7 Å². The summed E-state index contributed by atoms with van der Waals surface area (Å²) in [6.45, 7) is 4.92. The Morgan fingerprint density at radius 2 is 1.61 bits per heavy atom. The molecular weight excluding hydrogens is 435 g/mol. The summed E-state index contributed by atoms with van der Waals surface area (Å²) in [6, 6.07) is 18.8. The van der Waals surface area contributed by atoms with Gasteiger partial charge in [-0.1, -0.05) is 47.0 Å². The van der Waals surface area contributed by atoms with Gasteiger partial charge in [0.05, 0.1) is 16.7 Å². The van der Waals surface area contributed by atoms with Crippen molar-refractivity contribution in [1.82, 2.24) is 0 Å². The van der Waals surface area contributed by atoms with Crippen LogP contribution in [0.3, 0.4) is 0 Å². The number of aryl methyl sites for hydroxylation is 1. The van der Waals surface area contributed by atoms with Crippen molar-refractivity contribution in [3.63, 3.8) is 0 Å². The van der Waals surface area contributed by atoms with Crippen molar-refractivity contribution in [3.05, 3.63) is 81.8 Å². The lowest BCUT2D eigenvalue weighted by molar-refractivity contribution is -0.118. The number of ether oxygens (including phenoxy) is 2. The highest BCUT2D eigenvalue weighted by Crippen LogP contribution is 2.29. The van der Waals surface area contributed by atoms with Gasteiger partial charge in [-0.2, -0.15) is 0 Å². The zero-order chi connectivity index (χ0) is 22.2. The van der Waals surface area contributed by atoms with Crippen LogP contribution in [0, 0.1) is 6.92 Å². The van der Waals surface area contributed by atoms with Crippen LogP contribution in [0.5, 0.6) is 11.5 Å². The van der Waals surface area contributed by atoms with E-state index in [1.165, 1.54) is 5.56 Å². The number of benzene rings is 3. The highest BCUT2D eigenvalue weighted by molar-refractivity contribution is 6.42. The summed E-state index contributed by atoms with van der Waals surface area (Å²) in [4.78, 5) is 12.2. The van der Waals surface area contributed by atoms with Gasteiger partial charge in [0, 0.05) is 17.9 Å². The third-order valence-electron chi connectivity index (χ3n) is 4.42. The van der Waals surface area contributed by atoms with Crippen molar-refractivity contribution in [2.24, 2.45) is 0 Å². The van der Waals surface area contributed by atoms with Crippen LogP contribution in [0.1, 0.15) is 18.1 Å². The van der Waals surface area contributed by atoms with E-state index in [1.807, 2.05) is 37.3 Å². The minimum Gasteiger partial charge on any atom is -0.490 e. The first-order valence-electron chi connectivity index (χ1n) is 9.88. The molecule has 2 N–H and O–H groups in total. The van der Waals surface area contributed by atoms with E-state index in [9.17, 15) is 4.79 Å². The molecule has 5 nitrogen and oxygen atoms in total. The largest absolute Gasteiger partial charge is 0.490 e.